The van der Waals surface area contributed by atoms with Gasteiger partial charge < -0.3 is 24.8 Å². The first-order valence-corrected chi connectivity index (χ1v) is 11.1. The lowest BCUT2D eigenvalue weighted by molar-refractivity contribution is -0.884. The smallest absolute Gasteiger partial charge is 0.131 e. The standard InChI is InChI=1S/C24H34FN3O3/c1-27-11-13-28(14-12-27)17-21(29)18-31-24-15-22(30-2)8-7-20(24)16-26-10-9-19-5-3-4-6-23(19)25/h3-8,15,21,26,29H,9-14,16-18H2,1-2H3/p+2/t21-/m1/s1. The number of hydrogen-bond acceptors (Lipinski definition) is 4. The molecule has 0 aliphatic carbocycles. The van der Waals surface area contributed by atoms with E-state index in [1.165, 1.54) is 11.0 Å². The maximum absolute atomic E-state index is 13.8. The van der Waals surface area contributed by atoms with E-state index in [4.69, 9.17) is 9.47 Å². The van der Waals surface area contributed by atoms with Crippen molar-refractivity contribution in [3.63, 3.8) is 0 Å². The van der Waals surface area contributed by atoms with Crippen molar-refractivity contribution in [2.75, 3.05) is 60.0 Å². The van der Waals surface area contributed by atoms with Crippen molar-refractivity contribution >= 4 is 0 Å². The number of nitrogens with one attached hydrogen (secondary N) is 1. The summed E-state index contributed by atoms with van der Waals surface area (Å²) in [5.41, 5.74) is 1.77. The summed E-state index contributed by atoms with van der Waals surface area (Å²) >= 11 is 0. The molecular weight excluding hydrogens is 397 g/mol. The third kappa shape index (κ3) is 7.47. The van der Waals surface area contributed by atoms with Crippen molar-refractivity contribution in [2.45, 2.75) is 19.1 Å². The minimum atomic E-state index is -0.539. The van der Waals surface area contributed by atoms with Gasteiger partial charge >= 0.3 is 0 Å². The molecule has 0 bridgehead atoms. The van der Waals surface area contributed by atoms with Crippen LogP contribution in [0.25, 0.3) is 0 Å². The van der Waals surface area contributed by atoms with Gasteiger partial charge in [-0.3, -0.25) is 4.90 Å². The normalized spacial score (nSPS) is 16.3. The van der Waals surface area contributed by atoms with E-state index in [1.54, 1.807) is 13.2 Å². The maximum Gasteiger partial charge on any atom is 0.131 e. The van der Waals surface area contributed by atoms with E-state index in [2.05, 4.69) is 17.3 Å². The van der Waals surface area contributed by atoms with Gasteiger partial charge in [-0.1, -0.05) is 18.2 Å². The molecular formula is C24H36FN3O3+2. The Morgan fingerprint density at radius 3 is 2.68 bits per heavy atom. The van der Waals surface area contributed by atoms with Crippen LogP contribution in [-0.2, 0) is 13.0 Å². The fourth-order valence-electron chi connectivity index (χ4n) is 3.84. The minimum absolute atomic E-state index is 0.153. The SMILES string of the molecule is COc1ccc(C[NH2+]CCc2ccccc2F)c(OC[C@H](O)CN2CC[NH+](C)CC2)c1. The number of quaternary nitrogens is 2. The van der Waals surface area contributed by atoms with Crippen LogP contribution in [0.15, 0.2) is 42.5 Å². The molecule has 1 saturated heterocycles. The number of ether oxygens (including phenoxy) is 2. The predicted octanol–water partition coefficient (Wildman–Crippen LogP) is -0.290. The Morgan fingerprint density at radius 1 is 1.16 bits per heavy atom. The number of aliphatic hydroxyl groups excluding tert-OH is 1. The van der Waals surface area contributed by atoms with Crippen LogP contribution < -0.4 is 19.7 Å². The van der Waals surface area contributed by atoms with Crippen LogP contribution in [0.3, 0.4) is 0 Å². The van der Waals surface area contributed by atoms with E-state index in [0.29, 0.717) is 19.5 Å². The Hall–Kier alpha value is -2.19. The molecule has 0 amide bonds. The molecule has 0 unspecified atom stereocenters. The Bertz CT molecular complexity index is 812. The van der Waals surface area contributed by atoms with Gasteiger partial charge in [-0.15, -0.1) is 0 Å². The molecule has 170 valence electrons. The van der Waals surface area contributed by atoms with Gasteiger partial charge in [0.1, 0.15) is 36.6 Å². The molecule has 3 rings (SSSR count). The van der Waals surface area contributed by atoms with E-state index >= 15 is 0 Å². The Balaban J connectivity index is 1.50. The molecule has 2 aromatic carbocycles. The van der Waals surface area contributed by atoms with Gasteiger partial charge in [-0.05, 0) is 23.8 Å². The van der Waals surface area contributed by atoms with Gasteiger partial charge in [0, 0.05) is 37.7 Å². The topological polar surface area (TPSA) is 63.0 Å². The molecule has 7 heteroatoms. The van der Waals surface area contributed by atoms with E-state index < -0.39 is 6.10 Å². The van der Waals surface area contributed by atoms with Crippen molar-refractivity contribution in [3.8, 4) is 11.5 Å². The van der Waals surface area contributed by atoms with Gasteiger partial charge in [0.2, 0.25) is 0 Å². The molecule has 0 aromatic heterocycles. The lowest BCUT2D eigenvalue weighted by Gasteiger charge is -2.31. The van der Waals surface area contributed by atoms with Crippen LogP contribution in [0.2, 0.25) is 0 Å². The van der Waals surface area contributed by atoms with Crippen LogP contribution in [0.4, 0.5) is 4.39 Å². The monoisotopic (exact) mass is 433 g/mol. The molecule has 1 aliphatic heterocycles. The number of methoxy groups -OCH3 is 1. The second-order valence-electron chi connectivity index (χ2n) is 8.32. The number of rotatable bonds is 11. The van der Waals surface area contributed by atoms with Crippen molar-refractivity contribution in [1.82, 2.24) is 4.90 Å². The van der Waals surface area contributed by atoms with Crippen LogP contribution in [0, 0.1) is 5.82 Å². The molecule has 1 atom stereocenters. The second-order valence-corrected chi connectivity index (χ2v) is 8.32. The van der Waals surface area contributed by atoms with Crippen LogP contribution >= 0.6 is 0 Å². The first kappa shape index (κ1) is 23.5. The van der Waals surface area contributed by atoms with Gasteiger partial charge in [-0.2, -0.15) is 0 Å². The number of hydrogen-bond donors (Lipinski definition) is 3. The van der Waals surface area contributed by atoms with E-state index in [1.807, 2.05) is 30.3 Å². The minimum Gasteiger partial charge on any atom is -0.497 e. The number of benzene rings is 2. The Labute approximate surface area is 184 Å². The molecule has 0 radical (unpaired) electrons. The summed E-state index contributed by atoms with van der Waals surface area (Å²) in [4.78, 5) is 3.83. The summed E-state index contributed by atoms with van der Waals surface area (Å²) in [5, 5.41) is 12.6. The highest BCUT2D eigenvalue weighted by atomic mass is 19.1. The van der Waals surface area contributed by atoms with Crippen molar-refractivity contribution in [1.29, 1.82) is 0 Å². The quantitative estimate of drug-likeness (QED) is 0.427. The molecule has 1 heterocycles. The summed E-state index contributed by atoms with van der Waals surface area (Å²) in [6, 6.07) is 12.7. The number of piperazine rings is 1. The summed E-state index contributed by atoms with van der Waals surface area (Å²) in [6.45, 7) is 6.59. The molecule has 4 N–H and O–H groups in total. The highest BCUT2D eigenvalue weighted by molar-refractivity contribution is 5.40. The summed E-state index contributed by atoms with van der Waals surface area (Å²) in [5.74, 6) is 1.30. The van der Waals surface area contributed by atoms with Gasteiger partial charge in [0.25, 0.3) is 0 Å². The van der Waals surface area contributed by atoms with Crippen molar-refractivity contribution in [3.05, 3.63) is 59.4 Å². The van der Waals surface area contributed by atoms with E-state index in [-0.39, 0.29) is 12.4 Å². The molecule has 0 saturated carbocycles. The zero-order chi connectivity index (χ0) is 22.1. The largest absolute Gasteiger partial charge is 0.497 e. The van der Waals surface area contributed by atoms with Gasteiger partial charge in [-0.25, -0.2) is 4.39 Å². The van der Waals surface area contributed by atoms with Crippen LogP contribution in [0.1, 0.15) is 11.1 Å². The average Bonchev–Trinajstić information content (AvgIpc) is 2.78. The third-order valence-electron chi connectivity index (χ3n) is 5.82. The number of halogens is 1. The lowest BCUT2D eigenvalue weighted by atomic mass is 10.1. The van der Waals surface area contributed by atoms with Crippen LogP contribution in [0.5, 0.6) is 11.5 Å². The fourth-order valence-corrected chi connectivity index (χ4v) is 3.84. The third-order valence-corrected chi connectivity index (χ3v) is 5.82. The Morgan fingerprint density at radius 2 is 1.94 bits per heavy atom. The number of nitrogens with two attached hydrogens (primary N) is 1. The average molecular weight is 434 g/mol. The van der Waals surface area contributed by atoms with E-state index in [9.17, 15) is 9.50 Å². The zero-order valence-electron chi connectivity index (χ0n) is 18.6. The van der Waals surface area contributed by atoms with E-state index in [0.717, 1.165) is 55.3 Å². The first-order valence-electron chi connectivity index (χ1n) is 11.1. The van der Waals surface area contributed by atoms with Crippen molar-refractivity contribution in [2.24, 2.45) is 0 Å². The zero-order valence-corrected chi connectivity index (χ0v) is 18.6. The maximum atomic E-state index is 13.8. The molecule has 1 fully saturated rings. The highest BCUT2D eigenvalue weighted by Gasteiger charge is 2.20. The number of β-amino-alcohol motifs (C(OH)–C–C–N with tert-alkyl or cyclic N) is 1. The number of likely N-dealkylation sites (N-methyl/N-ethyl adjacent to an activating group) is 1. The highest BCUT2D eigenvalue weighted by Crippen LogP contribution is 2.24. The summed E-state index contributed by atoms with van der Waals surface area (Å²) in [6.07, 6.45) is 0.132. The van der Waals surface area contributed by atoms with Gasteiger partial charge in [0.05, 0.1) is 33.8 Å². The molecule has 0 spiro atoms. The van der Waals surface area contributed by atoms with Crippen molar-refractivity contribution < 1.29 is 29.2 Å². The molecule has 2 aromatic rings. The number of aliphatic hydroxyl groups is 1. The fraction of sp³-hybridized carbons (Fsp3) is 0.500. The number of nitrogens with zero attached hydrogens (tertiary/aromatic N) is 1. The Kier molecular flexibility index (Phi) is 9.09. The predicted molar refractivity (Wildman–Crippen MR) is 118 cm³/mol. The lowest BCUT2D eigenvalue weighted by Crippen LogP contribution is -3.12. The first-order chi connectivity index (χ1) is 15.0. The molecule has 31 heavy (non-hydrogen) atoms. The molecule has 6 nitrogen and oxygen atoms in total. The molecule has 1 aliphatic rings. The van der Waals surface area contributed by atoms with Crippen LogP contribution in [-0.4, -0.2) is 76.1 Å². The summed E-state index contributed by atoms with van der Waals surface area (Å²) in [7, 11) is 3.83. The summed E-state index contributed by atoms with van der Waals surface area (Å²) < 4.78 is 25.1. The van der Waals surface area contributed by atoms with Gasteiger partial charge in [0.15, 0.2) is 0 Å². The second kappa shape index (κ2) is 12.0.